The van der Waals surface area contributed by atoms with E-state index in [1.54, 1.807) is 6.07 Å². The Morgan fingerprint density at radius 3 is 1.08 bits per heavy atom. The van der Waals surface area contributed by atoms with Crippen LogP contribution in [0.2, 0.25) is 15.5 Å². The van der Waals surface area contributed by atoms with Crippen LogP contribution in [-0.2, 0) is 14.0 Å². The van der Waals surface area contributed by atoms with Crippen LogP contribution in [-0.4, -0.2) is 139 Å². The molecule has 0 fully saturated rings. The van der Waals surface area contributed by atoms with Gasteiger partial charge in [0.05, 0.1) is 61.1 Å². The van der Waals surface area contributed by atoms with Crippen LogP contribution in [0, 0.1) is 34.6 Å². The minimum absolute atomic E-state index is 0.111. The van der Waals surface area contributed by atoms with Crippen molar-refractivity contribution in [1.82, 2.24) is 55.5 Å². The van der Waals surface area contributed by atoms with Crippen molar-refractivity contribution < 1.29 is 23.6 Å². The summed E-state index contributed by atoms with van der Waals surface area (Å²) in [4.78, 5) is 79.9. The quantitative estimate of drug-likeness (QED) is 0.00749. The molecule has 34 heteroatoms. The van der Waals surface area contributed by atoms with Gasteiger partial charge in [-0.2, -0.15) is 0 Å². The second kappa shape index (κ2) is 50.8. The summed E-state index contributed by atoms with van der Waals surface area (Å²) in [5.74, 6) is 4.03. The number of amides is 2. The fourth-order valence-electron chi connectivity index (χ4n) is 13.2. The first-order chi connectivity index (χ1) is 63.9. The number of pyridine rings is 9. The standard InChI is InChI=1S/C26H36N6O2.C23H27ClN4O2.C21H28N6.C15H10Cl2N2.C15H13ClN2O.Cl3OP/c1-18-7-9-19(10-8-18)21-17-22-20(24(32-21)29-14-5-13-27)11-12-23(31-22)28-15-6-16-30-25(33)34-26(2,3)4;1-15-6-8-16(9-7-15)18-14-19-17(21(24)28-18)10-11-20(27-19)25-12-5-13-26-22(29)30-23(2,3)4;1-15-4-6-16(7-5-15)18-14-19-17(21(27-18)25-13-3-11-23)8-9-20(26-19)24-12-2-10-22;1-9-2-4-10(5-3-9)12-8-13-11(15(17)19-12)6-7-14(16)18-13;1-9-2-4-10(5-3-9)12-8-13-11(15(19)18-12)6-7-14(16)17-13;1-5(2,3)4/h7-12,17H,5-6,13-16,27H2,1-4H3,(H,28,31)(H,29,32)(H,30,33);6-11,14H,5,12-13H2,1-4H3,(H,25,27)(H,26,29);4-9,14H,2-3,10-13,22-23H2,1H3,(H,24,26)(H,25,27);2-8H,1H3;2-6,8,14H,7H2,1H3,(H,18,19);. The van der Waals surface area contributed by atoms with Crippen LogP contribution in [0.1, 0.15) is 108 Å². The number of rotatable bonds is 27. The number of hydrogen-bond donors (Lipinski definition) is 11. The molecule has 1 unspecified atom stereocenters. The van der Waals surface area contributed by atoms with Gasteiger partial charge in [-0.3, -0.25) is 14.4 Å². The average molecular weight is 1970 g/mol. The topological polar surface area (TPSA) is 380 Å². The Bertz CT molecular complexity index is 6530. The normalized spacial score (nSPS) is 12.1. The number of aromatic nitrogens is 9. The van der Waals surface area contributed by atoms with E-state index < -0.39 is 28.6 Å². The lowest BCUT2D eigenvalue weighted by molar-refractivity contribution is 0.0516. The number of fused-ring (bicyclic) bond motifs is 5. The number of H-pyrrole nitrogens is 1. The molecule has 0 spiro atoms. The number of aryl methyl sites for hydroxylation is 5. The maximum absolute atomic E-state index is 12.0. The van der Waals surface area contributed by atoms with Crippen LogP contribution in [0.25, 0.3) is 106 Å². The van der Waals surface area contributed by atoms with Crippen molar-refractivity contribution in [3.05, 3.63) is 264 Å². The van der Waals surface area contributed by atoms with Gasteiger partial charge in [0.1, 0.15) is 61.3 Å². The Balaban J connectivity index is 0.000000174. The summed E-state index contributed by atoms with van der Waals surface area (Å²) in [6.45, 7) is 28.0. The second-order valence-electron chi connectivity index (χ2n) is 33.5. The predicted molar refractivity (Wildman–Crippen MR) is 557 cm³/mol. The molecule has 14 aromatic rings. The molecule has 2 amide bonds. The Morgan fingerprint density at radius 1 is 0.410 bits per heavy atom. The van der Waals surface area contributed by atoms with Gasteiger partial charge in [-0.15, -0.1) is 0 Å². The third kappa shape index (κ3) is 34.2. The lowest BCUT2D eigenvalue weighted by atomic mass is 10.1. The third-order valence-corrected chi connectivity index (χ3v) is 21.0. The lowest BCUT2D eigenvalue weighted by Crippen LogP contribution is -2.43. The molecule has 0 saturated carbocycles. The number of nitrogens with two attached hydrogens (primary N) is 3. The van der Waals surface area contributed by atoms with Gasteiger partial charge in [0, 0.05) is 96.0 Å². The van der Waals surface area contributed by atoms with Crippen molar-refractivity contribution in [3.63, 3.8) is 0 Å². The highest BCUT2D eigenvalue weighted by molar-refractivity contribution is 8.24. The summed E-state index contributed by atoms with van der Waals surface area (Å²) < 4.78 is 20.0. The van der Waals surface area contributed by atoms with E-state index >= 15 is 0 Å². The van der Waals surface area contributed by atoms with Gasteiger partial charge < -0.3 is 68.9 Å². The Kier molecular flexibility index (Phi) is 39.7. The van der Waals surface area contributed by atoms with Crippen LogP contribution in [0.15, 0.2) is 210 Å². The van der Waals surface area contributed by atoms with E-state index in [2.05, 4.69) is 169 Å². The van der Waals surface area contributed by atoms with E-state index in [-0.39, 0.29) is 11.1 Å². The molecule has 1 aliphatic heterocycles. The number of hydrogen-bond acceptors (Lipinski definition) is 23. The molecule has 14 N–H and O–H groups in total. The molecule has 0 aliphatic carbocycles. The number of alkyl carbamates (subject to hydrolysis) is 2. The van der Waals surface area contributed by atoms with Gasteiger partial charge in [0.25, 0.3) is 5.56 Å². The van der Waals surface area contributed by atoms with Crippen LogP contribution in [0.3, 0.4) is 0 Å². The summed E-state index contributed by atoms with van der Waals surface area (Å²) in [5.41, 5.74) is 34.0. The molecule has 1 aliphatic rings. The molecule has 0 bridgehead atoms. The zero-order valence-corrected chi connectivity index (χ0v) is 83.0. The van der Waals surface area contributed by atoms with Crippen LogP contribution >= 0.6 is 85.3 Å². The third-order valence-electron chi connectivity index (χ3n) is 19.9. The number of carbonyl (C=O) groups excluding carboxylic acids is 2. The Hall–Kier alpha value is -11.4. The van der Waals surface area contributed by atoms with E-state index in [0.29, 0.717) is 78.3 Å². The zero-order chi connectivity index (χ0) is 96.7. The van der Waals surface area contributed by atoms with Crippen molar-refractivity contribution >= 4 is 176 Å². The average Bonchev–Trinajstić information content (AvgIpc) is 0.748. The highest BCUT2D eigenvalue weighted by atomic mass is 36.0. The number of halogens is 7. The number of ether oxygens (including phenoxy) is 2. The minimum Gasteiger partial charge on any atom is -0.444 e. The van der Waals surface area contributed by atoms with Crippen LogP contribution in [0.4, 0.5) is 38.7 Å². The first-order valence-electron chi connectivity index (χ1n) is 43.9. The molecule has 704 valence electrons. The summed E-state index contributed by atoms with van der Waals surface area (Å²) in [5, 5.41) is 25.3. The van der Waals surface area contributed by atoms with Gasteiger partial charge in [-0.05, 0) is 246 Å². The molecule has 5 aromatic carbocycles. The maximum Gasteiger partial charge on any atom is 0.407 e. The number of alkyl halides is 1. The van der Waals surface area contributed by atoms with E-state index in [1.807, 2.05) is 208 Å². The fraction of sp³-hybridized carbons (Fsp3) is 0.300. The smallest absolute Gasteiger partial charge is 0.407 e. The van der Waals surface area contributed by atoms with Gasteiger partial charge in [0.15, 0.2) is 0 Å². The number of carbonyl (C=O) groups is 2. The molecular weight excluding hydrogens is 1860 g/mol. The zero-order valence-electron chi connectivity index (χ0n) is 76.8. The first-order valence-corrected chi connectivity index (χ1v) is 49.9. The molecule has 134 heavy (non-hydrogen) atoms. The highest BCUT2D eigenvalue weighted by Crippen LogP contribution is 2.61. The number of aromatic amines is 1. The number of benzene rings is 5. The van der Waals surface area contributed by atoms with Crippen molar-refractivity contribution in [2.75, 3.05) is 92.0 Å². The van der Waals surface area contributed by atoms with Crippen LogP contribution < -0.4 is 70.6 Å². The first kappa shape index (κ1) is 105. The maximum atomic E-state index is 12.0. The molecule has 15 rings (SSSR count). The summed E-state index contributed by atoms with van der Waals surface area (Å²) >= 11 is 38.4. The van der Waals surface area contributed by atoms with Gasteiger partial charge >= 0.3 is 17.4 Å². The second-order valence-corrected chi connectivity index (χ2v) is 41.7. The molecule has 0 radical (unpaired) electrons. The van der Waals surface area contributed by atoms with Gasteiger partial charge in [-0.25, -0.2) is 49.5 Å². The van der Waals surface area contributed by atoms with Crippen molar-refractivity contribution in [2.45, 2.75) is 131 Å². The fourth-order valence-corrected chi connectivity index (χ4v) is 14.0. The van der Waals surface area contributed by atoms with Gasteiger partial charge in [0.2, 0.25) is 0 Å². The van der Waals surface area contributed by atoms with E-state index in [4.69, 9.17) is 93.0 Å². The molecule has 10 heterocycles. The monoisotopic (exact) mass is 1970 g/mol. The van der Waals surface area contributed by atoms with E-state index in [9.17, 15) is 18.9 Å². The molecule has 26 nitrogen and oxygen atoms in total. The number of nitrogens with zero attached hydrogens (tertiary/aromatic N) is 9. The van der Waals surface area contributed by atoms with Crippen molar-refractivity contribution in [3.8, 4) is 56.3 Å². The largest absolute Gasteiger partial charge is 0.444 e. The Morgan fingerprint density at radius 2 is 0.724 bits per heavy atom. The van der Waals surface area contributed by atoms with Crippen molar-refractivity contribution in [2.24, 2.45) is 22.2 Å². The summed E-state index contributed by atoms with van der Waals surface area (Å²) in [7, 11) is 0. The van der Waals surface area contributed by atoms with Crippen molar-refractivity contribution in [1.29, 1.82) is 0 Å². The van der Waals surface area contributed by atoms with E-state index in [0.717, 1.165) is 181 Å². The van der Waals surface area contributed by atoms with Crippen LogP contribution in [0.5, 0.6) is 0 Å². The minimum atomic E-state index is -3.22. The molecular formula is C100H114Cl7N20O6P. The highest BCUT2D eigenvalue weighted by Gasteiger charge is 2.20. The predicted octanol–water partition coefficient (Wildman–Crippen LogP) is 22.8. The summed E-state index contributed by atoms with van der Waals surface area (Å²) in [6.07, 6.45) is 5.79. The van der Waals surface area contributed by atoms with E-state index in [1.165, 1.54) is 27.8 Å². The Labute approximate surface area is 815 Å². The molecule has 0 saturated heterocycles. The molecule has 1 atom stereocenters. The SMILES string of the molecule is Cc1ccc(-c2cc3c(c(=O)[nH]2)=CCC(Cl)N=3)cc1.Cc1ccc(-c2cc3nc(Cl)ccc3c(Cl)n2)cc1.Cc1ccc(-c2cc3nc(NCCCN)ccc3c(NCCCN)n2)cc1.Cc1ccc(-c2cc3nc(NCCCNC(=O)OC(C)(C)C)ccc3c(Cl)n2)cc1.Cc1ccc(-c2cc3nc(NCCCNC(=O)OC(C)(C)C)ccc3c(NCCCN)n2)cc1.O=P(Cl)(Cl)Cl. The number of nitrogens with one attached hydrogen (secondary N) is 8. The number of anilines is 5. The van der Waals surface area contributed by atoms with Gasteiger partial charge in [-0.1, -0.05) is 202 Å². The summed E-state index contributed by atoms with van der Waals surface area (Å²) in [6, 6.07) is 66.1. The lowest BCUT2D eigenvalue weighted by Gasteiger charge is -2.19. The molecule has 9 aromatic heterocycles.